The largest absolute Gasteiger partial charge is 0.391 e. The molecule has 0 spiro atoms. The van der Waals surface area contributed by atoms with Crippen LogP contribution in [-0.2, 0) is 10.2 Å². The van der Waals surface area contributed by atoms with Crippen LogP contribution in [0.4, 0.5) is 0 Å². The number of carbonyl (C=O) groups excluding carboxylic acids is 1. The normalized spacial score (nSPS) is 23.9. The van der Waals surface area contributed by atoms with Crippen molar-refractivity contribution in [2.24, 2.45) is 0 Å². The van der Waals surface area contributed by atoms with Crippen LogP contribution in [0, 0.1) is 0 Å². The second-order valence-electron chi connectivity index (χ2n) is 5.92. The van der Waals surface area contributed by atoms with Crippen molar-refractivity contribution in [1.82, 2.24) is 5.32 Å². The lowest BCUT2D eigenvalue weighted by atomic mass is 9.82. The van der Waals surface area contributed by atoms with Gasteiger partial charge in [0, 0.05) is 0 Å². The molecule has 1 aliphatic carbocycles. The summed E-state index contributed by atoms with van der Waals surface area (Å²) in [5.41, 5.74) is 0.427. The zero-order chi connectivity index (χ0) is 13.9. The molecule has 1 amide bonds. The lowest BCUT2D eigenvalue weighted by molar-refractivity contribution is -0.127. The van der Waals surface area contributed by atoms with Crippen LogP contribution in [0.3, 0.4) is 0 Å². The fraction of sp³-hybridized carbons (Fsp3) is 0.562. The van der Waals surface area contributed by atoms with E-state index in [2.05, 4.69) is 5.32 Å². The highest BCUT2D eigenvalue weighted by molar-refractivity contribution is 5.87. The minimum Gasteiger partial charge on any atom is -0.391 e. The van der Waals surface area contributed by atoms with Gasteiger partial charge in [0.15, 0.2) is 0 Å². The summed E-state index contributed by atoms with van der Waals surface area (Å²) in [6.07, 6.45) is 3.39. The average Bonchev–Trinajstić information content (AvgIpc) is 2.42. The first-order valence-electron chi connectivity index (χ1n) is 7.06. The van der Waals surface area contributed by atoms with Crippen molar-refractivity contribution in [2.45, 2.75) is 57.1 Å². The van der Waals surface area contributed by atoms with Crippen LogP contribution < -0.4 is 5.32 Å². The Bertz CT molecular complexity index is 428. The summed E-state index contributed by atoms with van der Waals surface area (Å²) in [6.45, 7) is 3.85. The van der Waals surface area contributed by atoms with Gasteiger partial charge in [0.05, 0.1) is 17.6 Å². The van der Waals surface area contributed by atoms with Crippen molar-refractivity contribution in [2.75, 3.05) is 0 Å². The van der Waals surface area contributed by atoms with Gasteiger partial charge in [0.25, 0.3) is 0 Å². The molecule has 0 radical (unpaired) electrons. The van der Waals surface area contributed by atoms with E-state index in [0.717, 1.165) is 31.2 Å². The SMILES string of the molecule is CC(C)(C(=O)N[C@@H]1CCCC[C@H]1O)c1ccccc1. The highest BCUT2D eigenvalue weighted by Gasteiger charge is 2.33. The number of hydrogen-bond acceptors (Lipinski definition) is 2. The summed E-state index contributed by atoms with van der Waals surface area (Å²) >= 11 is 0. The molecule has 2 atom stereocenters. The van der Waals surface area contributed by atoms with Crippen LogP contribution >= 0.6 is 0 Å². The monoisotopic (exact) mass is 261 g/mol. The number of aliphatic hydroxyl groups excluding tert-OH is 1. The van der Waals surface area contributed by atoms with E-state index in [1.54, 1.807) is 0 Å². The molecule has 1 aromatic rings. The van der Waals surface area contributed by atoms with E-state index < -0.39 is 11.5 Å². The summed E-state index contributed by atoms with van der Waals surface area (Å²) < 4.78 is 0. The molecule has 3 heteroatoms. The Kier molecular flexibility index (Phi) is 4.25. The standard InChI is InChI=1S/C16H23NO2/c1-16(2,12-8-4-3-5-9-12)15(19)17-13-10-6-7-11-14(13)18/h3-5,8-9,13-14,18H,6-7,10-11H2,1-2H3,(H,17,19)/t13-,14-/m1/s1. The zero-order valence-corrected chi connectivity index (χ0v) is 11.7. The summed E-state index contributed by atoms with van der Waals surface area (Å²) in [5, 5.41) is 13.0. The predicted octanol–water partition coefficient (Wildman–Crippen LogP) is 2.38. The van der Waals surface area contributed by atoms with Gasteiger partial charge < -0.3 is 10.4 Å². The maximum atomic E-state index is 12.5. The van der Waals surface area contributed by atoms with Gasteiger partial charge in [0.2, 0.25) is 5.91 Å². The molecule has 2 rings (SSSR count). The smallest absolute Gasteiger partial charge is 0.230 e. The zero-order valence-electron chi connectivity index (χ0n) is 11.7. The quantitative estimate of drug-likeness (QED) is 0.877. The molecule has 0 heterocycles. The first-order valence-corrected chi connectivity index (χ1v) is 7.06. The molecule has 19 heavy (non-hydrogen) atoms. The maximum Gasteiger partial charge on any atom is 0.230 e. The Labute approximate surface area is 115 Å². The van der Waals surface area contributed by atoms with Crippen LogP contribution in [0.1, 0.15) is 45.1 Å². The number of hydrogen-bond donors (Lipinski definition) is 2. The van der Waals surface area contributed by atoms with Gasteiger partial charge in [-0.1, -0.05) is 43.2 Å². The molecule has 3 nitrogen and oxygen atoms in total. The van der Waals surface area contributed by atoms with Crippen molar-refractivity contribution >= 4 is 5.91 Å². The average molecular weight is 261 g/mol. The molecular weight excluding hydrogens is 238 g/mol. The molecule has 0 saturated heterocycles. The van der Waals surface area contributed by atoms with Gasteiger partial charge in [-0.15, -0.1) is 0 Å². The molecule has 1 fully saturated rings. The van der Waals surface area contributed by atoms with Gasteiger partial charge >= 0.3 is 0 Å². The Balaban J connectivity index is 2.06. The van der Waals surface area contributed by atoms with Gasteiger partial charge in [-0.3, -0.25) is 4.79 Å². The Morgan fingerprint density at radius 2 is 1.84 bits per heavy atom. The third kappa shape index (κ3) is 3.16. The number of benzene rings is 1. The van der Waals surface area contributed by atoms with Gasteiger partial charge in [-0.05, 0) is 32.3 Å². The summed E-state index contributed by atoms with van der Waals surface area (Å²) in [7, 11) is 0. The summed E-state index contributed by atoms with van der Waals surface area (Å²) in [5.74, 6) is -0.00958. The van der Waals surface area contributed by atoms with E-state index in [9.17, 15) is 9.90 Å². The van der Waals surface area contributed by atoms with E-state index in [1.807, 2.05) is 44.2 Å². The van der Waals surface area contributed by atoms with Crippen LogP contribution in [0.5, 0.6) is 0 Å². The third-order valence-corrected chi connectivity index (χ3v) is 4.11. The molecule has 0 unspecified atom stereocenters. The highest BCUT2D eigenvalue weighted by Crippen LogP contribution is 2.25. The van der Waals surface area contributed by atoms with Crippen LogP contribution in [-0.4, -0.2) is 23.2 Å². The first kappa shape index (κ1) is 14.1. The van der Waals surface area contributed by atoms with E-state index in [1.165, 1.54) is 0 Å². The predicted molar refractivity (Wildman–Crippen MR) is 75.9 cm³/mol. The summed E-state index contributed by atoms with van der Waals surface area (Å²) in [6, 6.07) is 9.68. The minimum atomic E-state index is -0.571. The van der Waals surface area contributed by atoms with Crippen molar-refractivity contribution in [3.8, 4) is 0 Å². The van der Waals surface area contributed by atoms with E-state index in [0.29, 0.717) is 0 Å². The van der Waals surface area contributed by atoms with Crippen LogP contribution in [0.2, 0.25) is 0 Å². The summed E-state index contributed by atoms with van der Waals surface area (Å²) in [4.78, 5) is 12.5. The molecular formula is C16H23NO2. The third-order valence-electron chi connectivity index (χ3n) is 4.11. The molecule has 0 bridgehead atoms. The topological polar surface area (TPSA) is 49.3 Å². The maximum absolute atomic E-state index is 12.5. The molecule has 1 aliphatic rings. The first-order chi connectivity index (χ1) is 9.01. The second kappa shape index (κ2) is 5.74. The molecule has 104 valence electrons. The second-order valence-corrected chi connectivity index (χ2v) is 5.92. The fourth-order valence-electron chi connectivity index (χ4n) is 2.61. The van der Waals surface area contributed by atoms with Crippen molar-refractivity contribution in [1.29, 1.82) is 0 Å². The number of amides is 1. The van der Waals surface area contributed by atoms with E-state index in [4.69, 9.17) is 0 Å². The molecule has 1 saturated carbocycles. The van der Waals surface area contributed by atoms with Crippen molar-refractivity contribution in [3.63, 3.8) is 0 Å². The number of aliphatic hydroxyl groups is 1. The molecule has 0 aromatic heterocycles. The Morgan fingerprint density at radius 3 is 2.47 bits per heavy atom. The fourth-order valence-corrected chi connectivity index (χ4v) is 2.61. The minimum absolute atomic E-state index is 0.00958. The molecule has 2 N–H and O–H groups in total. The van der Waals surface area contributed by atoms with Gasteiger partial charge in [-0.25, -0.2) is 0 Å². The van der Waals surface area contributed by atoms with E-state index in [-0.39, 0.29) is 11.9 Å². The van der Waals surface area contributed by atoms with Crippen LogP contribution in [0.15, 0.2) is 30.3 Å². The molecule has 0 aliphatic heterocycles. The number of nitrogens with one attached hydrogen (secondary N) is 1. The van der Waals surface area contributed by atoms with Crippen LogP contribution in [0.25, 0.3) is 0 Å². The van der Waals surface area contributed by atoms with Gasteiger partial charge in [0.1, 0.15) is 0 Å². The molecule has 1 aromatic carbocycles. The highest BCUT2D eigenvalue weighted by atomic mass is 16.3. The number of carbonyl (C=O) groups is 1. The Morgan fingerprint density at radius 1 is 1.21 bits per heavy atom. The van der Waals surface area contributed by atoms with Crippen molar-refractivity contribution < 1.29 is 9.90 Å². The lowest BCUT2D eigenvalue weighted by Gasteiger charge is -2.32. The van der Waals surface area contributed by atoms with Gasteiger partial charge in [-0.2, -0.15) is 0 Å². The lowest BCUT2D eigenvalue weighted by Crippen LogP contribution is -2.50. The number of rotatable bonds is 3. The Hall–Kier alpha value is -1.35. The van der Waals surface area contributed by atoms with E-state index >= 15 is 0 Å². The van der Waals surface area contributed by atoms with Crippen molar-refractivity contribution in [3.05, 3.63) is 35.9 Å².